The molecule has 58 heavy (non-hydrogen) atoms. The topological polar surface area (TPSA) is 232 Å². The van der Waals surface area contributed by atoms with Gasteiger partial charge in [-0.1, -0.05) is 45.0 Å². The van der Waals surface area contributed by atoms with Crippen LogP contribution in [0.2, 0.25) is 0 Å². The number of nitrogens with one attached hydrogen (secondary N) is 5. The minimum absolute atomic E-state index is 0.154. The van der Waals surface area contributed by atoms with Gasteiger partial charge in [0, 0.05) is 41.3 Å². The van der Waals surface area contributed by atoms with Crippen LogP contribution in [0.25, 0.3) is 10.8 Å². The summed E-state index contributed by atoms with van der Waals surface area (Å²) in [6.45, 7) is 6.16. The van der Waals surface area contributed by atoms with Crippen molar-refractivity contribution in [3.63, 3.8) is 0 Å². The number of nitrogens with zero attached hydrogens (tertiary/aromatic N) is 1. The lowest BCUT2D eigenvalue weighted by atomic mass is 9.86. The monoisotopic (exact) mass is 813 g/mol. The molecule has 17 heteroatoms. The van der Waals surface area contributed by atoms with E-state index in [0.29, 0.717) is 57.2 Å². The Hall–Kier alpha value is -6.59. The van der Waals surface area contributed by atoms with E-state index in [1.807, 2.05) is 45.0 Å². The molecule has 1 atom stereocenters. The van der Waals surface area contributed by atoms with Crippen molar-refractivity contribution < 1.29 is 42.1 Å². The van der Waals surface area contributed by atoms with Crippen molar-refractivity contribution in [1.29, 1.82) is 0 Å². The second-order valence-corrected chi connectivity index (χ2v) is 16.1. The van der Waals surface area contributed by atoms with Gasteiger partial charge in [-0.3, -0.25) is 14.3 Å². The molecule has 0 aliphatic rings. The molecule has 0 aliphatic carbocycles. The Kier molecular flexibility index (Phi) is 13.3. The number of aliphatic carboxylic acids is 1. The zero-order valence-electron chi connectivity index (χ0n) is 32.9. The van der Waals surface area contributed by atoms with Crippen LogP contribution in [0.4, 0.5) is 33.4 Å². The van der Waals surface area contributed by atoms with E-state index in [1.165, 1.54) is 14.2 Å². The molecule has 5 aromatic rings. The van der Waals surface area contributed by atoms with Gasteiger partial charge in [-0.2, -0.15) is 0 Å². The first-order valence-corrected chi connectivity index (χ1v) is 20.0. The van der Waals surface area contributed by atoms with Gasteiger partial charge in [0.1, 0.15) is 29.1 Å². The molecule has 4 aromatic carbocycles. The fourth-order valence-electron chi connectivity index (χ4n) is 5.91. The van der Waals surface area contributed by atoms with Crippen LogP contribution in [-0.4, -0.2) is 69.5 Å². The highest BCUT2D eigenvalue weighted by atomic mass is 32.2. The molecule has 5 rings (SSSR count). The van der Waals surface area contributed by atoms with E-state index < -0.39 is 28.1 Å². The van der Waals surface area contributed by atoms with Gasteiger partial charge in [0.05, 0.1) is 43.1 Å². The first-order valence-electron chi connectivity index (χ1n) is 18.1. The van der Waals surface area contributed by atoms with Crippen LogP contribution < -0.4 is 45.9 Å². The lowest BCUT2D eigenvalue weighted by molar-refractivity contribution is -0.138. The summed E-state index contributed by atoms with van der Waals surface area (Å²) in [7, 11) is -0.812. The highest BCUT2D eigenvalue weighted by molar-refractivity contribution is 7.92. The number of amides is 3. The fourth-order valence-corrected chi connectivity index (χ4v) is 6.46. The minimum atomic E-state index is -3.66. The van der Waals surface area contributed by atoms with Gasteiger partial charge >= 0.3 is 12.0 Å². The van der Waals surface area contributed by atoms with Crippen LogP contribution in [0.3, 0.4) is 0 Å². The Morgan fingerprint density at radius 2 is 1.57 bits per heavy atom. The van der Waals surface area contributed by atoms with Crippen molar-refractivity contribution in [2.45, 2.75) is 45.1 Å². The van der Waals surface area contributed by atoms with E-state index >= 15 is 0 Å². The second kappa shape index (κ2) is 18.1. The van der Waals surface area contributed by atoms with Gasteiger partial charge < -0.3 is 46.3 Å². The summed E-state index contributed by atoms with van der Waals surface area (Å²) in [4.78, 5) is 41.6. The van der Waals surface area contributed by atoms with E-state index in [9.17, 15) is 22.8 Å². The maximum Gasteiger partial charge on any atom is 0.323 e. The molecule has 0 bridgehead atoms. The molecule has 0 unspecified atom stereocenters. The van der Waals surface area contributed by atoms with Gasteiger partial charge in [-0.25, -0.2) is 18.2 Å². The summed E-state index contributed by atoms with van der Waals surface area (Å²) in [6.07, 6.45) is 3.25. The SMILES string of the molecule is COc1cc(Nc2cc(Oc3ccc(NC(=O)Nc4cc(C(C)(C)C)cc(NS(C)(=O)=O)c4OC)c4ccccc34)ccn2)ccc1C(=O)NCCC[C@H](N)C(=O)O. The van der Waals surface area contributed by atoms with Crippen molar-refractivity contribution in [2.24, 2.45) is 5.73 Å². The number of hydrogen-bond acceptors (Lipinski definition) is 11. The quantitative estimate of drug-likeness (QED) is 0.0498. The Morgan fingerprint density at radius 3 is 2.24 bits per heavy atom. The molecule has 1 aromatic heterocycles. The number of carboxylic acids is 1. The second-order valence-electron chi connectivity index (χ2n) is 14.3. The Bertz CT molecular complexity index is 2440. The zero-order valence-corrected chi connectivity index (χ0v) is 33.7. The number of benzene rings is 4. The summed E-state index contributed by atoms with van der Waals surface area (Å²) in [5, 5.41) is 22.0. The van der Waals surface area contributed by atoms with Crippen molar-refractivity contribution >= 4 is 67.3 Å². The molecule has 0 saturated heterocycles. The Balaban J connectivity index is 1.30. The number of fused-ring (bicyclic) bond motifs is 1. The first kappa shape index (κ1) is 42.6. The molecule has 0 saturated carbocycles. The average molecular weight is 814 g/mol. The summed E-state index contributed by atoms with van der Waals surface area (Å²) in [5.41, 5.74) is 7.77. The molecule has 3 amide bonds. The van der Waals surface area contributed by atoms with Crippen LogP contribution in [0, 0.1) is 0 Å². The van der Waals surface area contributed by atoms with Crippen molar-refractivity contribution in [2.75, 3.05) is 47.7 Å². The standard InChI is InChI=1S/C41H47N7O9S/c1-41(2,3)24-20-32(37(56-5)33(21-24)48-58(6,53)54)47-40(52)46-31-15-16-34(28-11-8-7-10-27(28)31)57-26-17-19-43-36(23-26)45-25-13-14-29(35(22-25)55-4)38(49)44-18-9-12-30(42)39(50)51/h7-8,10-11,13-17,19-23,30,48H,9,12,18,42H2,1-6H3,(H,43,45)(H,44,49)(H,50,51)(H2,46,47,52)/t30-/m0/s1. The third-order valence-corrected chi connectivity index (χ3v) is 9.40. The van der Waals surface area contributed by atoms with Crippen LogP contribution in [0.1, 0.15) is 49.5 Å². The predicted octanol–water partition coefficient (Wildman–Crippen LogP) is 7.02. The highest BCUT2D eigenvalue weighted by Crippen LogP contribution is 2.40. The number of anilines is 5. The number of rotatable bonds is 16. The summed E-state index contributed by atoms with van der Waals surface area (Å²) in [6, 6.07) is 21.1. The van der Waals surface area contributed by atoms with E-state index in [1.54, 1.807) is 60.8 Å². The van der Waals surface area contributed by atoms with Crippen LogP contribution >= 0.6 is 0 Å². The van der Waals surface area contributed by atoms with Crippen LogP contribution in [0.5, 0.6) is 23.0 Å². The number of ether oxygens (including phenoxy) is 3. The van der Waals surface area contributed by atoms with E-state index in [-0.39, 0.29) is 41.4 Å². The maximum absolute atomic E-state index is 13.5. The lowest BCUT2D eigenvalue weighted by Gasteiger charge is -2.24. The van der Waals surface area contributed by atoms with E-state index in [4.69, 9.17) is 25.1 Å². The molecule has 306 valence electrons. The minimum Gasteiger partial charge on any atom is -0.496 e. The molecule has 1 heterocycles. The predicted molar refractivity (Wildman–Crippen MR) is 225 cm³/mol. The number of pyridine rings is 1. The zero-order chi connectivity index (χ0) is 42.2. The highest BCUT2D eigenvalue weighted by Gasteiger charge is 2.23. The lowest BCUT2D eigenvalue weighted by Crippen LogP contribution is -2.32. The number of methoxy groups -OCH3 is 2. The van der Waals surface area contributed by atoms with Gasteiger partial charge in [-0.15, -0.1) is 0 Å². The number of urea groups is 1. The summed E-state index contributed by atoms with van der Waals surface area (Å²) in [5.74, 6) is 0.435. The van der Waals surface area contributed by atoms with Crippen molar-refractivity contribution in [1.82, 2.24) is 10.3 Å². The largest absolute Gasteiger partial charge is 0.496 e. The van der Waals surface area contributed by atoms with Gasteiger partial charge in [0.25, 0.3) is 5.91 Å². The third kappa shape index (κ3) is 11.0. The fraction of sp³-hybridized carbons (Fsp3) is 0.268. The number of sulfonamides is 1. The smallest absolute Gasteiger partial charge is 0.323 e. The number of aromatic nitrogens is 1. The van der Waals surface area contributed by atoms with E-state index in [0.717, 1.165) is 11.8 Å². The summed E-state index contributed by atoms with van der Waals surface area (Å²) >= 11 is 0. The molecule has 16 nitrogen and oxygen atoms in total. The number of carboxylic acid groups (broad SMARTS) is 1. The molecule has 0 aliphatic heterocycles. The number of carbonyl (C=O) groups excluding carboxylic acids is 2. The molecule has 8 N–H and O–H groups in total. The van der Waals surface area contributed by atoms with Gasteiger partial charge in [0.2, 0.25) is 10.0 Å². The molecular weight excluding hydrogens is 767 g/mol. The Morgan fingerprint density at radius 1 is 0.862 bits per heavy atom. The van der Waals surface area contributed by atoms with Gasteiger partial charge in [0.15, 0.2) is 5.75 Å². The molecular formula is C41H47N7O9S. The summed E-state index contributed by atoms with van der Waals surface area (Å²) < 4.78 is 44.1. The van der Waals surface area contributed by atoms with Crippen LogP contribution in [0.15, 0.2) is 85.1 Å². The van der Waals surface area contributed by atoms with Crippen molar-refractivity contribution in [3.8, 4) is 23.0 Å². The number of carbonyl (C=O) groups is 3. The number of hydrogen-bond donors (Lipinski definition) is 7. The van der Waals surface area contributed by atoms with Gasteiger partial charge in [-0.05, 0) is 66.3 Å². The third-order valence-electron chi connectivity index (χ3n) is 8.81. The van der Waals surface area contributed by atoms with Crippen LogP contribution in [-0.2, 0) is 20.2 Å². The average Bonchev–Trinajstić information content (AvgIpc) is 3.16. The van der Waals surface area contributed by atoms with Crippen molar-refractivity contribution in [3.05, 3.63) is 96.2 Å². The maximum atomic E-state index is 13.5. The normalized spacial score (nSPS) is 11.9. The first-order chi connectivity index (χ1) is 27.4. The molecule has 0 radical (unpaired) electrons. The molecule has 0 fully saturated rings. The number of nitrogens with two attached hydrogens (primary N) is 1. The Labute approximate surface area is 336 Å². The molecule has 0 spiro atoms. The van der Waals surface area contributed by atoms with E-state index in [2.05, 4.69) is 31.0 Å².